The standard InChI is InChI=1S/C21H27N3O4S/c1-4-5-13-24(3)29(27,28)19-11-9-18(10-12-19)23-20(25)15-22-21(26)17-8-6-7-16(2)14-17/h6-12,14H,4-5,13,15H2,1-3H3,(H,22,26)(H,23,25). The number of carbonyl (C=O) groups is 2. The fourth-order valence-electron chi connectivity index (χ4n) is 2.65. The Bertz CT molecular complexity index is 956. The van der Waals surface area contributed by atoms with E-state index in [-0.39, 0.29) is 17.3 Å². The molecule has 2 rings (SSSR count). The summed E-state index contributed by atoms with van der Waals surface area (Å²) in [6.07, 6.45) is 1.70. The van der Waals surface area contributed by atoms with Gasteiger partial charge >= 0.3 is 0 Å². The maximum atomic E-state index is 12.5. The number of rotatable bonds is 9. The van der Waals surface area contributed by atoms with E-state index < -0.39 is 15.9 Å². The molecule has 0 spiro atoms. The minimum atomic E-state index is -3.55. The second-order valence-corrected chi connectivity index (χ2v) is 8.85. The predicted molar refractivity (Wildman–Crippen MR) is 113 cm³/mol. The van der Waals surface area contributed by atoms with Gasteiger partial charge in [-0.3, -0.25) is 9.59 Å². The van der Waals surface area contributed by atoms with Crippen molar-refractivity contribution in [2.45, 2.75) is 31.6 Å². The minimum absolute atomic E-state index is 0.168. The molecule has 0 radical (unpaired) electrons. The van der Waals surface area contributed by atoms with E-state index in [1.54, 1.807) is 25.2 Å². The van der Waals surface area contributed by atoms with E-state index in [9.17, 15) is 18.0 Å². The number of hydrogen-bond donors (Lipinski definition) is 2. The Kier molecular flexibility index (Phi) is 7.92. The minimum Gasteiger partial charge on any atom is -0.343 e. The van der Waals surface area contributed by atoms with Crippen molar-refractivity contribution in [2.75, 3.05) is 25.5 Å². The highest BCUT2D eigenvalue weighted by Crippen LogP contribution is 2.18. The third kappa shape index (κ3) is 6.40. The first-order valence-electron chi connectivity index (χ1n) is 9.45. The maximum absolute atomic E-state index is 12.5. The van der Waals surface area contributed by atoms with E-state index >= 15 is 0 Å². The number of amides is 2. The summed E-state index contributed by atoms with van der Waals surface area (Å²) < 4.78 is 26.3. The average Bonchev–Trinajstić information content (AvgIpc) is 2.70. The van der Waals surface area contributed by atoms with Gasteiger partial charge in [-0.25, -0.2) is 12.7 Å². The van der Waals surface area contributed by atoms with E-state index in [1.807, 2.05) is 19.9 Å². The molecule has 2 N–H and O–H groups in total. The van der Waals surface area contributed by atoms with Crippen molar-refractivity contribution in [1.29, 1.82) is 0 Å². The van der Waals surface area contributed by atoms with Crippen LogP contribution in [0.5, 0.6) is 0 Å². The van der Waals surface area contributed by atoms with Gasteiger partial charge in [-0.05, 0) is 49.7 Å². The lowest BCUT2D eigenvalue weighted by Crippen LogP contribution is -2.32. The van der Waals surface area contributed by atoms with Crippen molar-refractivity contribution in [2.24, 2.45) is 0 Å². The smallest absolute Gasteiger partial charge is 0.251 e. The molecule has 0 aromatic heterocycles. The van der Waals surface area contributed by atoms with Gasteiger partial charge in [0.25, 0.3) is 5.91 Å². The number of sulfonamides is 1. The molecule has 0 aliphatic heterocycles. The van der Waals surface area contributed by atoms with Crippen LogP contribution < -0.4 is 10.6 Å². The Morgan fingerprint density at radius 3 is 2.38 bits per heavy atom. The lowest BCUT2D eigenvalue weighted by atomic mass is 10.1. The molecule has 0 saturated heterocycles. The first kappa shape index (κ1) is 22.6. The van der Waals surface area contributed by atoms with Crippen molar-refractivity contribution >= 4 is 27.5 Å². The maximum Gasteiger partial charge on any atom is 0.251 e. The van der Waals surface area contributed by atoms with Crippen LogP contribution in [0.25, 0.3) is 0 Å². The molecule has 0 unspecified atom stereocenters. The molecule has 2 aromatic carbocycles. The first-order valence-corrected chi connectivity index (χ1v) is 10.9. The van der Waals surface area contributed by atoms with E-state index in [1.165, 1.54) is 28.6 Å². The molecule has 29 heavy (non-hydrogen) atoms. The molecule has 0 aliphatic carbocycles. The number of nitrogens with zero attached hydrogens (tertiary/aromatic N) is 1. The van der Waals surface area contributed by atoms with Crippen LogP contribution in [0.4, 0.5) is 5.69 Å². The van der Waals surface area contributed by atoms with Crippen LogP contribution in [0.1, 0.15) is 35.7 Å². The van der Waals surface area contributed by atoms with Crippen LogP contribution in [0.15, 0.2) is 53.4 Å². The number of carbonyl (C=O) groups excluding carboxylic acids is 2. The van der Waals surface area contributed by atoms with E-state index in [0.717, 1.165) is 18.4 Å². The zero-order valence-corrected chi connectivity index (χ0v) is 17.8. The first-order chi connectivity index (χ1) is 13.7. The number of unbranched alkanes of at least 4 members (excludes halogenated alkanes) is 1. The number of hydrogen-bond acceptors (Lipinski definition) is 4. The van der Waals surface area contributed by atoms with Gasteiger partial charge in [-0.1, -0.05) is 31.0 Å². The lowest BCUT2D eigenvalue weighted by molar-refractivity contribution is -0.115. The van der Waals surface area contributed by atoms with Gasteiger partial charge < -0.3 is 10.6 Å². The van der Waals surface area contributed by atoms with Crippen LogP contribution in [0, 0.1) is 6.92 Å². The monoisotopic (exact) mass is 417 g/mol. The van der Waals surface area contributed by atoms with Gasteiger partial charge in [0.15, 0.2) is 0 Å². The molecule has 0 saturated carbocycles. The number of anilines is 1. The molecular formula is C21H27N3O4S. The molecule has 0 aliphatic rings. The Morgan fingerprint density at radius 2 is 1.76 bits per heavy atom. The van der Waals surface area contributed by atoms with E-state index in [0.29, 0.717) is 17.8 Å². The Hall–Kier alpha value is -2.71. The molecule has 0 atom stereocenters. The van der Waals surface area contributed by atoms with E-state index in [4.69, 9.17) is 0 Å². The third-order valence-corrected chi connectivity index (χ3v) is 6.23. The van der Waals surface area contributed by atoms with Crippen LogP contribution >= 0.6 is 0 Å². The topological polar surface area (TPSA) is 95.6 Å². The summed E-state index contributed by atoms with van der Waals surface area (Å²) in [6, 6.07) is 13.1. The molecule has 0 fully saturated rings. The van der Waals surface area contributed by atoms with Gasteiger partial charge in [0.1, 0.15) is 0 Å². The zero-order chi connectivity index (χ0) is 21.4. The Morgan fingerprint density at radius 1 is 1.07 bits per heavy atom. The second-order valence-electron chi connectivity index (χ2n) is 6.80. The summed E-state index contributed by atoms with van der Waals surface area (Å²) in [7, 11) is -2.00. The summed E-state index contributed by atoms with van der Waals surface area (Å²) in [5.41, 5.74) is 1.90. The summed E-state index contributed by atoms with van der Waals surface area (Å²) in [6.45, 7) is 4.15. The normalized spacial score (nSPS) is 11.3. The molecule has 156 valence electrons. The van der Waals surface area contributed by atoms with Crippen LogP contribution in [0.2, 0.25) is 0 Å². The molecule has 8 heteroatoms. The molecule has 7 nitrogen and oxygen atoms in total. The van der Waals surface area contributed by atoms with Crippen LogP contribution in [-0.2, 0) is 14.8 Å². The third-order valence-electron chi connectivity index (χ3n) is 4.36. The summed E-state index contributed by atoms with van der Waals surface area (Å²) >= 11 is 0. The van der Waals surface area contributed by atoms with Crippen molar-refractivity contribution in [3.63, 3.8) is 0 Å². The quantitative estimate of drug-likeness (QED) is 0.656. The highest BCUT2D eigenvalue weighted by Gasteiger charge is 2.20. The SMILES string of the molecule is CCCCN(C)S(=O)(=O)c1ccc(NC(=O)CNC(=O)c2cccc(C)c2)cc1. The summed E-state index contributed by atoms with van der Waals surface area (Å²) in [5, 5.41) is 5.20. The van der Waals surface area contributed by atoms with Crippen molar-refractivity contribution < 1.29 is 18.0 Å². The van der Waals surface area contributed by atoms with Gasteiger partial charge in [0, 0.05) is 24.8 Å². The largest absolute Gasteiger partial charge is 0.343 e. The number of aryl methyl sites for hydroxylation is 1. The highest BCUT2D eigenvalue weighted by molar-refractivity contribution is 7.89. The molecule has 0 heterocycles. The molecular weight excluding hydrogens is 390 g/mol. The lowest BCUT2D eigenvalue weighted by Gasteiger charge is -2.17. The van der Waals surface area contributed by atoms with Gasteiger partial charge in [0.05, 0.1) is 11.4 Å². The molecule has 0 bridgehead atoms. The van der Waals surface area contributed by atoms with Crippen LogP contribution in [-0.4, -0.2) is 44.7 Å². The summed E-state index contributed by atoms with van der Waals surface area (Å²) in [5.74, 6) is -0.734. The van der Waals surface area contributed by atoms with Gasteiger partial charge in [-0.15, -0.1) is 0 Å². The van der Waals surface area contributed by atoms with Crippen molar-refractivity contribution in [1.82, 2.24) is 9.62 Å². The van der Waals surface area contributed by atoms with Crippen molar-refractivity contribution in [3.8, 4) is 0 Å². The van der Waals surface area contributed by atoms with Crippen molar-refractivity contribution in [3.05, 3.63) is 59.7 Å². The second kappa shape index (κ2) is 10.2. The molecule has 2 amide bonds. The number of benzene rings is 2. The fraction of sp³-hybridized carbons (Fsp3) is 0.333. The fourth-order valence-corrected chi connectivity index (χ4v) is 3.85. The zero-order valence-electron chi connectivity index (χ0n) is 16.9. The number of nitrogens with one attached hydrogen (secondary N) is 2. The van der Waals surface area contributed by atoms with Gasteiger partial charge in [0.2, 0.25) is 15.9 Å². The van der Waals surface area contributed by atoms with Gasteiger partial charge in [-0.2, -0.15) is 0 Å². The summed E-state index contributed by atoms with van der Waals surface area (Å²) in [4.78, 5) is 24.3. The molecule has 2 aromatic rings. The highest BCUT2D eigenvalue weighted by atomic mass is 32.2. The Balaban J connectivity index is 1.92. The average molecular weight is 418 g/mol. The van der Waals surface area contributed by atoms with E-state index in [2.05, 4.69) is 10.6 Å². The predicted octanol–water partition coefficient (Wildman–Crippen LogP) is 2.78. The Labute approximate surface area is 172 Å². The van der Waals surface area contributed by atoms with Crippen LogP contribution in [0.3, 0.4) is 0 Å².